The van der Waals surface area contributed by atoms with Gasteiger partial charge in [-0.15, -0.1) is 0 Å². The Kier molecular flexibility index (Phi) is 1.86. The average molecular weight is 224 g/mol. The van der Waals surface area contributed by atoms with Crippen molar-refractivity contribution in [1.82, 2.24) is 0 Å². The molecule has 2 rings (SSSR count). The molecule has 15 heavy (non-hydrogen) atoms. The van der Waals surface area contributed by atoms with Crippen LogP contribution in [0.3, 0.4) is 0 Å². The highest BCUT2D eigenvalue weighted by Gasteiger charge is 2.66. The number of hydrogen-bond donors (Lipinski definition) is 1. The Labute approximate surface area is 81.2 Å². The summed E-state index contributed by atoms with van der Waals surface area (Å²) < 4.78 is 64.7. The largest absolute Gasteiger partial charge is 0.360 e. The smallest absolute Gasteiger partial charge is 0.353 e. The molecular weight excluding hydrogens is 219 g/mol. The van der Waals surface area contributed by atoms with Crippen molar-refractivity contribution in [2.24, 2.45) is 0 Å². The molecule has 0 saturated carbocycles. The van der Waals surface area contributed by atoms with E-state index in [2.05, 4.69) is 0 Å². The molecular formula is C9H5F5O. The summed E-state index contributed by atoms with van der Waals surface area (Å²) in [4.78, 5) is 0. The van der Waals surface area contributed by atoms with Gasteiger partial charge in [-0.25, -0.2) is 8.78 Å². The van der Waals surface area contributed by atoms with E-state index in [9.17, 15) is 22.0 Å². The number of fused-ring (bicyclic) bond motifs is 1. The zero-order chi connectivity index (χ0) is 11.4. The van der Waals surface area contributed by atoms with Gasteiger partial charge in [0.25, 0.3) is 0 Å². The van der Waals surface area contributed by atoms with E-state index < -0.39 is 34.9 Å². The van der Waals surface area contributed by atoms with Crippen molar-refractivity contribution in [2.75, 3.05) is 0 Å². The van der Waals surface area contributed by atoms with E-state index in [0.717, 1.165) is 6.08 Å². The quantitative estimate of drug-likeness (QED) is 0.626. The van der Waals surface area contributed by atoms with Gasteiger partial charge in [-0.05, 0) is 12.2 Å². The summed E-state index contributed by atoms with van der Waals surface area (Å²) >= 11 is 0. The highest BCUT2D eigenvalue weighted by atomic mass is 19.3. The lowest BCUT2D eigenvalue weighted by Crippen LogP contribution is -2.42. The second kappa shape index (κ2) is 2.69. The third-order valence-corrected chi connectivity index (χ3v) is 2.35. The molecule has 0 fully saturated rings. The molecule has 0 aromatic heterocycles. The molecule has 0 radical (unpaired) electrons. The van der Waals surface area contributed by atoms with Crippen molar-refractivity contribution in [2.45, 2.75) is 17.9 Å². The van der Waals surface area contributed by atoms with Gasteiger partial charge in [-0.1, -0.05) is 6.08 Å². The Hall–Kier alpha value is -1.17. The molecule has 2 aliphatic carbocycles. The van der Waals surface area contributed by atoms with Gasteiger partial charge in [0.2, 0.25) is 0 Å². The molecule has 82 valence electrons. The van der Waals surface area contributed by atoms with Crippen molar-refractivity contribution in [3.8, 4) is 0 Å². The molecule has 0 saturated heterocycles. The maximum atomic E-state index is 13.2. The van der Waals surface area contributed by atoms with Gasteiger partial charge >= 0.3 is 11.8 Å². The minimum absolute atomic E-state index is 0.426. The van der Waals surface area contributed by atoms with Gasteiger partial charge in [0, 0.05) is 11.1 Å². The summed E-state index contributed by atoms with van der Waals surface area (Å²) in [6.45, 7) is 0. The van der Waals surface area contributed by atoms with Crippen LogP contribution in [0.5, 0.6) is 0 Å². The van der Waals surface area contributed by atoms with Crippen molar-refractivity contribution < 1.29 is 27.1 Å². The molecule has 2 unspecified atom stereocenters. The Morgan fingerprint density at radius 1 is 1.27 bits per heavy atom. The number of aliphatic hydroxyl groups is 1. The minimum atomic E-state index is -4.66. The van der Waals surface area contributed by atoms with Gasteiger partial charge in [0.15, 0.2) is 5.83 Å². The van der Waals surface area contributed by atoms with Crippen LogP contribution in [0.4, 0.5) is 22.0 Å². The highest BCUT2D eigenvalue weighted by Crippen LogP contribution is 2.53. The van der Waals surface area contributed by atoms with Crippen LogP contribution in [-0.4, -0.2) is 23.1 Å². The minimum Gasteiger partial charge on any atom is -0.353 e. The zero-order valence-electron chi connectivity index (χ0n) is 7.15. The molecule has 0 aliphatic heterocycles. The first-order chi connectivity index (χ1) is 6.78. The van der Waals surface area contributed by atoms with Gasteiger partial charge < -0.3 is 5.11 Å². The molecule has 0 aromatic rings. The molecule has 2 atom stereocenters. The van der Waals surface area contributed by atoms with Crippen molar-refractivity contribution in [3.63, 3.8) is 0 Å². The number of halogens is 5. The van der Waals surface area contributed by atoms with Crippen LogP contribution >= 0.6 is 0 Å². The summed E-state index contributed by atoms with van der Waals surface area (Å²) in [5.74, 6) is -10.9. The first-order valence-corrected chi connectivity index (χ1v) is 4.03. The topological polar surface area (TPSA) is 20.2 Å². The Bertz CT molecular complexity index is 405. The third kappa shape index (κ3) is 1.11. The van der Waals surface area contributed by atoms with E-state index >= 15 is 0 Å². The zero-order valence-corrected chi connectivity index (χ0v) is 7.15. The van der Waals surface area contributed by atoms with E-state index in [1.165, 1.54) is 0 Å². The van der Waals surface area contributed by atoms with E-state index in [-0.39, 0.29) is 0 Å². The molecule has 0 spiro atoms. The molecule has 6 heteroatoms. The monoisotopic (exact) mass is 224 g/mol. The van der Waals surface area contributed by atoms with Crippen LogP contribution in [0.2, 0.25) is 0 Å². The Morgan fingerprint density at radius 2 is 1.87 bits per heavy atom. The lowest BCUT2D eigenvalue weighted by Gasteiger charge is -2.23. The maximum Gasteiger partial charge on any atom is 0.360 e. The molecule has 1 N–H and O–H groups in total. The molecule has 0 heterocycles. The Morgan fingerprint density at radius 3 is 2.47 bits per heavy atom. The van der Waals surface area contributed by atoms with Crippen molar-refractivity contribution >= 4 is 0 Å². The van der Waals surface area contributed by atoms with Crippen LogP contribution in [-0.2, 0) is 0 Å². The summed E-state index contributed by atoms with van der Waals surface area (Å²) in [6.07, 6.45) is 0.0969. The van der Waals surface area contributed by atoms with Crippen LogP contribution in [0.15, 0.2) is 35.2 Å². The Balaban J connectivity index is 2.63. The predicted molar refractivity (Wildman–Crippen MR) is 41.3 cm³/mol. The predicted octanol–water partition coefficient (Wildman–Crippen LogP) is 2.35. The fraction of sp³-hybridized carbons (Fsp3) is 0.333. The molecule has 0 aromatic carbocycles. The van der Waals surface area contributed by atoms with Crippen LogP contribution < -0.4 is 0 Å². The molecule has 0 bridgehead atoms. The lowest BCUT2D eigenvalue weighted by molar-refractivity contribution is -0.206. The SMILES string of the molecule is OC1(F)C2=CC(F)C=CC2=C(F)C1(F)F. The molecule has 2 aliphatic rings. The number of rotatable bonds is 0. The summed E-state index contributed by atoms with van der Waals surface area (Å²) in [7, 11) is 0. The van der Waals surface area contributed by atoms with E-state index in [1.807, 2.05) is 0 Å². The van der Waals surface area contributed by atoms with E-state index in [4.69, 9.17) is 5.11 Å². The standard InChI is InChI=1S/C9H5F5O/c10-4-1-2-5-6(3-4)9(14,15)8(12,13)7(5)11/h1-4,15H. The third-order valence-electron chi connectivity index (χ3n) is 2.35. The van der Waals surface area contributed by atoms with Crippen LogP contribution in [0.25, 0.3) is 0 Å². The fourth-order valence-corrected chi connectivity index (χ4v) is 1.55. The first-order valence-electron chi connectivity index (χ1n) is 4.03. The van der Waals surface area contributed by atoms with Crippen molar-refractivity contribution in [1.29, 1.82) is 0 Å². The number of allylic oxidation sites excluding steroid dienone is 3. The van der Waals surface area contributed by atoms with Gasteiger partial charge in [-0.3, -0.25) is 0 Å². The second-order valence-corrected chi connectivity index (χ2v) is 3.31. The van der Waals surface area contributed by atoms with Crippen LogP contribution in [0, 0.1) is 0 Å². The average Bonchev–Trinajstić information content (AvgIpc) is 2.27. The second-order valence-electron chi connectivity index (χ2n) is 3.31. The summed E-state index contributed by atoms with van der Waals surface area (Å²) in [5.41, 5.74) is -1.85. The number of hydrogen-bond acceptors (Lipinski definition) is 1. The summed E-state index contributed by atoms with van der Waals surface area (Å²) in [6, 6.07) is 0. The fourth-order valence-electron chi connectivity index (χ4n) is 1.55. The van der Waals surface area contributed by atoms with Gasteiger partial charge in [0.1, 0.15) is 6.17 Å². The van der Waals surface area contributed by atoms with Crippen molar-refractivity contribution in [3.05, 3.63) is 35.2 Å². The van der Waals surface area contributed by atoms with Gasteiger partial charge in [0.05, 0.1) is 0 Å². The lowest BCUT2D eigenvalue weighted by atomic mass is 9.98. The molecule has 0 amide bonds. The maximum absolute atomic E-state index is 13.2. The molecule has 1 nitrogen and oxygen atoms in total. The van der Waals surface area contributed by atoms with Gasteiger partial charge in [-0.2, -0.15) is 13.2 Å². The normalized spacial score (nSPS) is 38.0. The van der Waals surface area contributed by atoms with E-state index in [0.29, 0.717) is 12.2 Å². The highest BCUT2D eigenvalue weighted by molar-refractivity contribution is 5.58. The van der Waals surface area contributed by atoms with E-state index in [1.54, 1.807) is 0 Å². The first kappa shape index (κ1) is 10.4. The van der Waals surface area contributed by atoms with Crippen LogP contribution in [0.1, 0.15) is 0 Å². The number of alkyl halides is 4. The summed E-state index contributed by atoms with van der Waals surface area (Å²) in [5, 5.41) is 8.84.